The van der Waals surface area contributed by atoms with Crippen LogP contribution >= 0.6 is 0 Å². The minimum Gasteiger partial charge on any atom is -0.495 e. The van der Waals surface area contributed by atoms with Crippen LogP contribution in [0.2, 0.25) is 0 Å². The zero-order chi connectivity index (χ0) is 14.1. The summed E-state index contributed by atoms with van der Waals surface area (Å²) in [5, 5.41) is 3.52. The van der Waals surface area contributed by atoms with Crippen molar-refractivity contribution in [3.8, 4) is 5.75 Å². The summed E-state index contributed by atoms with van der Waals surface area (Å²) in [6, 6.07) is 4.39. The van der Waals surface area contributed by atoms with Crippen molar-refractivity contribution < 1.29 is 4.74 Å². The summed E-state index contributed by atoms with van der Waals surface area (Å²) in [6.07, 6.45) is 0. The lowest BCUT2D eigenvalue weighted by atomic mass is 9.85. The smallest absolute Gasteiger partial charge is 0.142 e. The van der Waals surface area contributed by atoms with Crippen molar-refractivity contribution in [2.24, 2.45) is 0 Å². The summed E-state index contributed by atoms with van der Waals surface area (Å²) < 4.78 is 5.55. The van der Waals surface area contributed by atoms with Gasteiger partial charge < -0.3 is 10.1 Å². The topological polar surface area (TPSA) is 21.3 Å². The highest BCUT2D eigenvalue weighted by Gasteiger charge is 2.20. The fourth-order valence-corrected chi connectivity index (χ4v) is 1.88. The molecule has 0 saturated heterocycles. The quantitative estimate of drug-likeness (QED) is 0.832. The Balaban J connectivity index is 3.29. The molecule has 1 rings (SSSR count). The first-order chi connectivity index (χ1) is 8.04. The normalized spacial score (nSPS) is 12.4. The van der Waals surface area contributed by atoms with Crippen LogP contribution in [0.5, 0.6) is 5.75 Å². The molecule has 102 valence electrons. The molecule has 0 aliphatic heterocycles. The van der Waals surface area contributed by atoms with Crippen molar-refractivity contribution in [2.45, 2.75) is 59.4 Å². The Labute approximate surface area is 112 Å². The Bertz CT molecular complexity index is 422. The van der Waals surface area contributed by atoms with Gasteiger partial charge in [-0.1, -0.05) is 26.8 Å². The molecule has 18 heavy (non-hydrogen) atoms. The molecule has 0 spiro atoms. The maximum absolute atomic E-state index is 5.55. The van der Waals surface area contributed by atoms with Crippen LogP contribution in [0, 0.1) is 6.92 Å². The van der Waals surface area contributed by atoms with Gasteiger partial charge in [0.05, 0.1) is 12.8 Å². The molecule has 1 aromatic carbocycles. The van der Waals surface area contributed by atoms with Crippen molar-refractivity contribution >= 4 is 5.69 Å². The number of anilines is 1. The molecule has 0 aromatic heterocycles. The maximum atomic E-state index is 5.55. The minimum absolute atomic E-state index is 0.0291. The highest BCUT2D eigenvalue weighted by atomic mass is 16.5. The van der Waals surface area contributed by atoms with E-state index in [9.17, 15) is 0 Å². The minimum atomic E-state index is 0.0291. The first kappa shape index (κ1) is 14.9. The molecule has 0 aliphatic carbocycles. The Kier molecular flexibility index (Phi) is 3.99. The zero-order valence-electron chi connectivity index (χ0n) is 13.1. The first-order valence-corrected chi connectivity index (χ1v) is 6.52. The van der Waals surface area contributed by atoms with E-state index in [0.717, 1.165) is 11.4 Å². The lowest BCUT2D eigenvalue weighted by Gasteiger charge is -2.27. The van der Waals surface area contributed by atoms with E-state index < -0.39 is 0 Å². The monoisotopic (exact) mass is 249 g/mol. The summed E-state index contributed by atoms with van der Waals surface area (Å²) in [5.74, 6) is 0.926. The summed E-state index contributed by atoms with van der Waals surface area (Å²) in [5.41, 5.74) is 3.79. The van der Waals surface area contributed by atoms with Crippen LogP contribution in [0.3, 0.4) is 0 Å². The molecule has 0 fully saturated rings. The van der Waals surface area contributed by atoms with Crippen LogP contribution in [0.15, 0.2) is 12.1 Å². The Morgan fingerprint density at radius 2 is 1.56 bits per heavy atom. The van der Waals surface area contributed by atoms with Crippen molar-refractivity contribution in [3.63, 3.8) is 0 Å². The summed E-state index contributed by atoms with van der Waals surface area (Å²) >= 11 is 0. The molecule has 0 radical (unpaired) electrons. The van der Waals surface area contributed by atoms with Gasteiger partial charge in [-0.15, -0.1) is 0 Å². The van der Waals surface area contributed by atoms with Crippen LogP contribution in [0.25, 0.3) is 0 Å². The number of nitrogens with one attached hydrogen (secondary N) is 1. The number of aryl methyl sites for hydroxylation is 1. The average Bonchev–Trinajstić information content (AvgIpc) is 2.17. The fourth-order valence-electron chi connectivity index (χ4n) is 1.88. The van der Waals surface area contributed by atoms with Crippen LogP contribution in [0.4, 0.5) is 5.69 Å². The third-order valence-electron chi connectivity index (χ3n) is 2.89. The molecule has 2 heteroatoms. The largest absolute Gasteiger partial charge is 0.495 e. The second-order valence-corrected chi connectivity index (χ2v) is 7.00. The predicted molar refractivity (Wildman–Crippen MR) is 79.8 cm³/mol. The lowest BCUT2D eigenvalue weighted by Crippen LogP contribution is -2.27. The molecule has 0 saturated carbocycles. The van der Waals surface area contributed by atoms with Gasteiger partial charge in [0.25, 0.3) is 0 Å². The second-order valence-electron chi connectivity index (χ2n) is 7.00. The van der Waals surface area contributed by atoms with E-state index in [2.05, 4.69) is 65.9 Å². The Hall–Kier alpha value is -1.18. The van der Waals surface area contributed by atoms with E-state index in [1.807, 2.05) is 0 Å². The van der Waals surface area contributed by atoms with Crippen LogP contribution in [0.1, 0.15) is 52.7 Å². The van der Waals surface area contributed by atoms with Gasteiger partial charge >= 0.3 is 0 Å². The van der Waals surface area contributed by atoms with Gasteiger partial charge in [0.1, 0.15) is 5.75 Å². The molecule has 1 aromatic rings. The molecular weight excluding hydrogens is 222 g/mol. The van der Waals surface area contributed by atoms with E-state index in [-0.39, 0.29) is 11.0 Å². The molecular formula is C16H27NO. The first-order valence-electron chi connectivity index (χ1n) is 6.52. The lowest BCUT2D eigenvalue weighted by molar-refractivity contribution is 0.412. The van der Waals surface area contributed by atoms with Crippen LogP contribution < -0.4 is 10.1 Å². The number of benzene rings is 1. The third kappa shape index (κ3) is 3.66. The summed E-state index contributed by atoms with van der Waals surface area (Å²) in [7, 11) is 1.73. The van der Waals surface area contributed by atoms with Crippen LogP contribution in [-0.4, -0.2) is 12.6 Å². The molecule has 2 nitrogen and oxygen atoms in total. The van der Waals surface area contributed by atoms with Crippen molar-refractivity contribution in [3.05, 3.63) is 23.3 Å². The number of hydrogen-bond acceptors (Lipinski definition) is 2. The van der Waals surface area contributed by atoms with E-state index in [0.29, 0.717) is 0 Å². The molecule has 0 heterocycles. The SMILES string of the molecule is COc1cc(C(C)(C)C)cc(C)c1NC(C)(C)C. The van der Waals surface area contributed by atoms with E-state index in [1.54, 1.807) is 7.11 Å². The second kappa shape index (κ2) is 4.83. The van der Waals surface area contributed by atoms with Gasteiger partial charge in [0, 0.05) is 5.54 Å². The molecule has 0 unspecified atom stereocenters. The molecule has 0 bridgehead atoms. The van der Waals surface area contributed by atoms with Gasteiger partial charge in [-0.25, -0.2) is 0 Å². The zero-order valence-corrected chi connectivity index (χ0v) is 13.1. The summed E-state index contributed by atoms with van der Waals surface area (Å²) in [6.45, 7) is 15.3. The van der Waals surface area contributed by atoms with Crippen LogP contribution in [-0.2, 0) is 5.41 Å². The van der Waals surface area contributed by atoms with E-state index in [4.69, 9.17) is 4.74 Å². The number of hydrogen-bond donors (Lipinski definition) is 1. The third-order valence-corrected chi connectivity index (χ3v) is 2.89. The number of methoxy groups -OCH3 is 1. The molecule has 0 aliphatic rings. The standard InChI is InChI=1S/C16H27NO/c1-11-9-12(15(2,3)4)10-13(18-8)14(11)17-16(5,6)7/h9-10,17H,1-8H3. The van der Waals surface area contributed by atoms with Gasteiger partial charge in [-0.05, 0) is 50.3 Å². The Morgan fingerprint density at radius 1 is 1.00 bits per heavy atom. The number of rotatable bonds is 2. The Morgan fingerprint density at radius 3 is 1.94 bits per heavy atom. The maximum Gasteiger partial charge on any atom is 0.142 e. The van der Waals surface area contributed by atoms with Crippen molar-refractivity contribution in [1.82, 2.24) is 0 Å². The summed E-state index contributed by atoms with van der Waals surface area (Å²) in [4.78, 5) is 0. The molecule has 0 atom stereocenters. The molecule has 1 N–H and O–H groups in total. The highest BCUT2D eigenvalue weighted by molar-refractivity contribution is 5.64. The highest BCUT2D eigenvalue weighted by Crippen LogP contribution is 2.36. The van der Waals surface area contributed by atoms with Crippen molar-refractivity contribution in [2.75, 3.05) is 12.4 Å². The van der Waals surface area contributed by atoms with Gasteiger partial charge in [-0.3, -0.25) is 0 Å². The van der Waals surface area contributed by atoms with Gasteiger partial charge in [0.2, 0.25) is 0 Å². The molecule has 0 amide bonds. The fraction of sp³-hybridized carbons (Fsp3) is 0.625. The number of ether oxygens (including phenoxy) is 1. The van der Waals surface area contributed by atoms with Crippen molar-refractivity contribution in [1.29, 1.82) is 0 Å². The van der Waals surface area contributed by atoms with Gasteiger partial charge in [0.15, 0.2) is 0 Å². The van der Waals surface area contributed by atoms with E-state index >= 15 is 0 Å². The van der Waals surface area contributed by atoms with E-state index in [1.165, 1.54) is 11.1 Å². The van der Waals surface area contributed by atoms with Gasteiger partial charge in [-0.2, -0.15) is 0 Å². The predicted octanol–water partition coefficient (Wildman–Crippen LogP) is 4.51. The average molecular weight is 249 g/mol.